The van der Waals surface area contributed by atoms with Gasteiger partial charge in [0, 0.05) is 32.7 Å². The largest absolute Gasteiger partial charge is 0.337 e. The fraction of sp³-hybridized carbons (Fsp3) is 0.611. The Morgan fingerprint density at radius 1 is 1.08 bits per heavy atom. The number of nitrogens with zero attached hydrogens (tertiary/aromatic N) is 2. The molecular formula is C18H29N3O3S. The molecule has 0 bridgehead atoms. The van der Waals surface area contributed by atoms with Gasteiger partial charge < -0.3 is 10.2 Å². The smallest absolute Gasteiger partial charge is 0.317 e. The molecule has 1 N–H and O–H groups in total. The number of hydrogen-bond acceptors (Lipinski definition) is 3. The summed E-state index contributed by atoms with van der Waals surface area (Å²) in [4.78, 5) is 14.2. The molecule has 25 heavy (non-hydrogen) atoms. The average Bonchev–Trinajstić information content (AvgIpc) is 2.54. The molecule has 1 aliphatic heterocycles. The number of sulfonamides is 1. The summed E-state index contributed by atoms with van der Waals surface area (Å²) in [6, 6.07) is 5.07. The van der Waals surface area contributed by atoms with E-state index in [1.54, 1.807) is 17.0 Å². The minimum absolute atomic E-state index is 0.0180. The Bertz CT molecular complexity index is 730. The number of benzene rings is 1. The Kier molecular flexibility index (Phi) is 5.79. The number of rotatable bonds is 3. The van der Waals surface area contributed by atoms with E-state index in [2.05, 4.69) is 26.1 Å². The first-order valence-corrected chi connectivity index (χ1v) is 10.0. The lowest BCUT2D eigenvalue weighted by Gasteiger charge is -2.34. The van der Waals surface area contributed by atoms with Gasteiger partial charge in [-0.2, -0.15) is 4.31 Å². The quantitative estimate of drug-likeness (QED) is 0.892. The molecule has 0 spiro atoms. The molecule has 0 aromatic heterocycles. The number of urea groups is 1. The van der Waals surface area contributed by atoms with Gasteiger partial charge in [-0.25, -0.2) is 13.2 Å². The van der Waals surface area contributed by atoms with Crippen LogP contribution >= 0.6 is 0 Å². The van der Waals surface area contributed by atoms with Crippen LogP contribution in [0.2, 0.25) is 0 Å². The zero-order valence-corrected chi connectivity index (χ0v) is 16.6. The average molecular weight is 368 g/mol. The molecule has 0 aliphatic carbocycles. The lowest BCUT2D eigenvalue weighted by molar-refractivity contribution is 0.169. The van der Waals surface area contributed by atoms with E-state index in [0.717, 1.165) is 11.1 Å². The molecule has 0 atom stereocenters. The SMILES string of the molecule is Cc1ccc(S(=O)(=O)N2CCN(C(=O)NCC(C)(C)C)CC2)cc1C. The Morgan fingerprint density at radius 3 is 2.20 bits per heavy atom. The van der Waals surface area contributed by atoms with Crippen molar-refractivity contribution >= 4 is 16.1 Å². The molecule has 1 aromatic carbocycles. The number of aryl methyl sites for hydroxylation is 2. The summed E-state index contributed by atoms with van der Waals surface area (Å²) in [5.41, 5.74) is 2.05. The molecule has 1 fully saturated rings. The summed E-state index contributed by atoms with van der Waals surface area (Å²) in [5, 5.41) is 2.91. The van der Waals surface area contributed by atoms with Crippen molar-refractivity contribution in [3.63, 3.8) is 0 Å². The maximum absolute atomic E-state index is 12.8. The van der Waals surface area contributed by atoms with Gasteiger partial charge in [0.2, 0.25) is 10.0 Å². The molecule has 140 valence electrons. The normalized spacial score (nSPS) is 16.8. The zero-order chi connectivity index (χ0) is 18.8. The molecule has 1 aromatic rings. The molecule has 0 radical (unpaired) electrons. The predicted octanol–water partition coefficient (Wildman–Crippen LogP) is 2.37. The van der Waals surface area contributed by atoms with Gasteiger partial charge in [-0.15, -0.1) is 0 Å². The second-order valence-corrected chi connectivity index (χ2v) is 9.79. The van der Waals surface area contributed by atoms with Crippen LogP contribution in [0.5, 0.6) is 0 Å². The molecular weight excluding hydrogens is 338 g/mol. The van der Waals surface area contributed by atoms with Gasteiger partial charge in [-0.05, 0) is 42.5 Å². The van der Waals surface area contributed by atoms with E-state index < -0.39 is 10.0 Å². The summed E-state index contributed by atoms with van der Waals surface area (Å²) in [6.45, 7) is 12.1. The van der Waals surface area contributed by atoms with E-state index in [1.807, 2.05) is 19.9 Å². The molecule has 1 heterocycles. The highest BCUT2D eigenvalue weighted by molar-refractivity contribution is 7.89. The van der Waals surface area contributed by atoms with Crippen molar-refractivity contribution in [2.75, 3.05) is 32.7 Å². The summed E-state index contributed by atoms with van der Waals surface area (Å²) in [5.74, 6) is 0. The van der Waals surface area contributed by atoms with Gasteiger partial charge in [0.05, 0.1) is 4.90 Å². The molecule has 7 heteroatoms. The Balaban J connectivity index is 1.99. The monoisotopic (exact) mass is 367 g/mol. The number of carbonyl (C=O) groups excluding carboxylic acids is 1. The molecule has 2 rings (SSSR count). The Morgan fingerprint density at radius 2 is 1.68 bits per heavy atom. The van der Waals surface area contributed by atoms with Gasteiger partial charge in [-0.1, -0.05) is 26.8 Å². The van der Waals surface area contributed by atoms with Crippen molar-refractivity contribution in [1.29, 1.82) is 0 Å². The minimum Gasteiger partial charge on any atom is -0.337 e. The maximum Gasteiger partial charge on any atom is 0.317 e. The van der Waals surface area contributed by atoms with Crippen LogP contribution in [0.1, 0.15) is 31.9 Å². The lowest BCUT2D eigenvalue weighted by Crippen LogP contribution is -2.53. The lowest BCUT2D eigenvalue weighted by atomic mass is 9.97. The number of amides is 2. The van der Waals surface area contributed by atoms with Crippen LogP contribution in [0.3, 0.4) is 0 Å². The molecule has 0 saturated carbocycles. The standard InChI is InChI=1S/C18H29N3O3S/c1-14-6-7-16(12-15(14)2)25(23,24)21-10-8-20(9-11-21)17(22)19-13-18(3,4)5/h6-7,12H,8-11,13H2,1-5H3,(H,19,22). The van der Waals surface area contributed by atoms with Gasteiger partial charge in [0.15, 0.2) is 0 Å². The second-order valence-electron chi connectivity index (χ2n) is 7.86. The fourth-order valence-electron chi connectivity index (χ4n) is 2.61. The van der Waals surface area contributed by atoms with Crippen LogP contribution in [-0.4, -0.2) is 56.4 Å². The van der Waals surface area contributed by atoms with Crippen LogP contribution in [-0.2, 0) is 10.0 Å². The summed E-state index contributed by atoms with van der Waals surface area (Å²) >= 11 is 0. The van der Waals surface area contributed by atoms with Gasteiger partial charge in [0.1, 0.15) is 0 Å². The number of hydrogen-bond donors (Lipinski definition) is 1. The Hall–Kier alpha value is -1.60. The highest BCUT2D eigenvalue weighted by Crippen LogP contribution is 2.20. The maximum atomic E-state index is 12.8. The van der Waals surface area contributed by atoms with E-state index in [4.69, 9.17) is 0 Å². The van der Waals surface area contributed by atoms with E-state index >= 15 is 0 Å². The van der Waals surface area contributed by atoms with Crippen molar-refractivity contribution in [1.82, 2.24) is 14.5 Å². The predicted molar refractivity (Wildman–Crippen MR) is 99.1 cm³/mol. The highest BCUT2D eigenvalue weighted by Gasteiger charge is 2.30. The van der Waals surface area contributed by atoms with Crippen molar-refractivity contribution in [3.05, 3.63) is 29.3 Å². The second kappa shape index (κ2) is 7.33. The number of nitrogens with one attached hydrogen (secondary N) is 1. The molecule has 1 saturated heterocycles. The van der Waals surface area contributed by atoms with Crippen molar-refractivity contribution in [3.8, 4) is 0 Å². The molecule has 1 aliphatic rings. The van der Waals surface area contributed by atoms with Gasteiger partial charge in [-0.3, -0.25) is 0 Å². The third-order valence-electron chi connectivity index (χ3n) is 4.41. The van der Waals surface area contributed by atoms with E-state index in [9.17, 15) is 13.2 Å². The van der Waals surface area contributed by atoms with Gasteiger partial charge >= 0.3 is 6.03 Å². The number of piperazine rings is 1. The Labute approximate surface area is 151 Å². The van der Waals surface area contributed by atoms with Crippen LogP contribution in [0, 0.1) is 19.3 Å². The molecule has 6 nitrogen and oxygen atoms in total. The summed E-state index contributed by atoms with van der Waals surface area (Å²) in [6.07, 6.45) is 0. The summed E-state index contributed by atoms with van der Waals surface area (Å²) in [7, 11) is -3.51. The van der Waals surface area contributed by atoms with E-state index in [-0.39, 0.29) is 11.4 Å². The fourth-order valence-corrected chi connectivity index (χ4v) is 4.12. The topological polar surface area (TPSA) is 69.7 Å². The zero-order valence-electron chi connectivity index (χ0n) is 15.8. The van der Waals surface area contributed by atoms with Crippen molar-refractivity contribution in [2.24, 2.45) is 5.41 Å². The van der Waals surface area contributed by atoms with Gasteiger partial charge in [0.25, 0.3) is 0 Å². The van der Waals surface area contributed by atoms with Crippen molar-refractivity contribution in [2.45, 2.75) is 39.5 Å². The van der Waals surface area contributed by atoms with Crippen LogP contribution in [0.25, 0.3) is 0 Å². The highest BCUT2D eigenvalue weighted by atomic mass is 32.2. The van der Waals surface area contributed by atoms with E-state index in [0.29, 0.717) is 37.6 Å². The minimum atomic E-state index is -3.51. The molecule has 2 amide bonds. The first-order valence-electron chi connectivity index (χ1n) is 8.61. The first-order chi connectivity index (χ1) is 11.5. The van der Waals surface area contributed by atoms with E-state index in [1.165, 1.54) is 4.31 Å². The van der Waals surface area contributed by atoms with Crippen LogP contribution in [0.4, 0.5) is 4.79 Å². The third kappa shape index (κ3) is 4.95. The summed E-state index contributed by atoms with van der Waals surface area (Å²) < 4.78 is 27.0. The van der Waals surface area contributed by atoms with Crippen molar-refractivity contribution < 1.29 is 13.2 Å². The van der Waals surface area contributed by atoms with Crippen LogP contribution in [0.15, 0.2) is 23.1 Å². The van der Waals surface area contributed by atoms with Crippen LogP contribution < -0.4 is 5.32 Å². The molecule has 0 unspecified atom stereocenters. The number of carbonyl (C=O) groups is 1. The third-order valence-corrected chi connectivity index (χ3v) is 6.31. The first kappa shape index (κ1) is 19.7.